The van der Waals surface area contributed by atoms with Crippen LogP contribution in [0, 0.1) is 0 Å². The van der Waals surface area contributed by atoms with E-state index in [9.17, 15) is 8.78 Å². The smallest absolute Gasteiger partial charge is 0.251 e. The molecule has 0 aliphatic rings. The van der Waals surface area contributed by atoms with Crippen LogP contribution in [0.15, 0.2) is 0 Å². The van der Waals surface area contributed by atoms with Crippen LogP contribution in [0.5, 0.6) is 0 Å². The van der Waals surface area contributed by atoms with Gasteiger partial charge in [-0.15, -0.1) is 0 Å². The third-order valence-electron chi connectivity index (χ3n) is 1.97. The molecule has 86 valence electrons. The maximum absolute atomic E-state index is 12.1. The Morgan fingerprint density at radius 2 is 1.86 bits per heavy atom. The predicted octanol–water partition coefficient (Wildman–Crippen LogP) is 0.675. The Hall–Kier alpha value is -0.260. The van der Waals surface area contributed by atoms with Gasteiger partial charge in [-0.05, 0) is 25.8 Å². The number of hydrogen-bond acceptors (Lipinski definition) is 3. The minimum absolute atomic E-state index is 0.172. The van der Waals surface area contributed by atoms with E-state index in [1.54, 1.807) is 4.90 Å². The van der Waals surface area contributed by atoms with Crippen LogP contribution in [-0.2, 0) is 0 Å². The first-order chi connectivity index (χ1) is 6.70. The van der Waals surface area contributed by atoms with Gasteiger partial charge in [-0.3, -0.25) is 4.90 Å². The summed E-state index contributed by atoms with van der Waals surface area (Å²) in [4.78, 5) is 1.67. The van der Waals surface area contributed by atoms with Crippen LogP contribution < -0.4 is 5.73 Å². The zero-order chi connectivity index (χ0) is 10.8. The highest BCUT2D eigenvalue weighted by Crippen LogP contribution is 2.02. The van der Waals surface area contributed by atoms with E-state index >= 15 is 0 Å². The van der Waals surface area contributed by atoms with Gasteiger partial charge in [0.05, 0.1) is 6.54 Å². The van der Waals surface area contributed by atoms with Gasteiger partial charge in [-0.1, -0.05) is 0 Å². The second-order valence-corrected chi connectivity index (χ2v) is 3.26. The third kappa shape index (κ3) is 8.34. The summed E-state index contributed by atoms with van der Waals surface area (Å²) in [6, 6.07) is 0. The number of nitrogens with two attached hydrogens (primary N) is 1. The lowest BCUT2D eigenvalue weighted by Gasteiger charge is -2.20. The van der Waals surface area contributed by atoms with Gasteiger partial charge >= 0.3 is 0 Å². The Balaban J connectivity index is 3.51. The molecule has 0 saturated heterocycles. The van der Waals surface area contributed by atoms with Crippen LogP contribution in [0.4, 0.5) is 8.78 Å². The van der Waals surface area contributed by atoms with Crippen molar-refractivity contribution in [2.75, 3.05) is 32.8 Å². The summed E-state index contributed by atoms with van der Waals surface area (Å²) in [6.07, 6.45) is 0.165. The molecule has 0 atom stereocenters. The van der Waals surface area contributed by atoms with E-state index in [0.717, 1.165) is 19.3 Å². The molecule has 5 heteroatoms. The molecule has 14 heavy (non-hydrogen) atoms. The molecule has 0 aliphatic carbocycles. The second-order valence-electron chi connectivity index (χ2n) is 3.26. The monoisotopic (exact) mass is 210 g/mol. The van der Waals surface area contributed by atoms with E-state index in [4.69, 9.17) is 10.8 Å². The predicted molar refractivity (Wildman–Crippen MR) is 52.4 cm³/mol. The summed E-state index contributed by atoms with van der Waals surface area (Å²) >= 11 is 0. The summed E-state index contributed by atoms with van der Waals surface area (Å²) < 4.78 is 24.1. The minimum Gasteiger partial charge on any atom is -0.396 e. The molecule has 0 heterocycles. The zero-order valence-electron chi connectivity index (χ0n) is 8.46. The first-order valence-corrected chi connectivity index (χ1v) is 5.02. The first-order valence-electron chi connectivity index (χ1n) is 5.02. The lowest BCUT2D eigenvalue weighted by atomic mass is 10.2. The van der Waals surface area contributed by atoms with Crippen LogP contribution >= 0.6 is 0 Å². The quantitative estimate of drug-likeness (QED) is 0.550. The standard InChI is InChI=1S/C9H20F2N2O/c10-9(11)8-13(6-4-12)5-2-1-3-7-14/h9,14H,1-8,12H2. The summed E-state index contributed by atoms with van der Waals surface area (Å²) in [6.45, 7) is 1.54. The van der Waals surface area contributed by atoms with E-state index in [2.05, 4.69) is 0 Å². The molecule has 0 radical (unpaired) electrons. The molecule has 0 aromatic rings. The Morgan fingerprint density at radius 3 is 2.36 bits per heavy atom. The van der Waals surface area contributed by atoms with E-state index in [1.807, 2.05) is 0 Å². The van der Waals surface area contributed by atoms with Crippen molar-refractivity contribution in [3.63, 3.8) is 0 Å². The molecule has 0 spiro atoms. The topological polar surface area (TPSA) is 49.5 Å². The average molecular weight is 210 g/mol. The van der Waals surface area contributed by atoms with E-state index < -0.39 is 6.43 Å². The molecule has 0 aromatic heterocycles. The molecule has 0 fully saturated rings. The fourth-order valence-corrected chi connectivity index (χ4v) is 1.30. The Kier molecular flexibility index (Phi) is 9.13. The number of rotatable bonds is 9. The summed E-state index contributed by atoms with van der Waals surface area (Å²) in [5.41, 5.74) is 5.31. The molecule has 3 N–H and O–H groups in total. The van der Waals surface area contributed by atoms with Gasteiger partial charge in [0, 0.05) is 19.7 Å². The Morgan fingerprint density at radius 1 is 1.14 bits per heavy atom. The highest BCUT2D eigenvalue weighted by atomic mass is 19.3. The largest absolute Gasteiger partial charge is 0.396 e. The molecule has 0 bridgehead atoms. The van der Waals surface area contributed by atoms with Gasteiger partial charge in [0.1, 0.15) is 0 Å². The molecule has 0 amide bonds. The van der Waals surface area contributed by atoms with Crippen molar-refractivity contribution >= 4 is 0 Å². The van der Waals surface area contributed by atoms with E-state index in [0.29, 0.717) is 19.6 Å². The number of aliphatic hydroxyl groups excluding tert-OH is 1. The van der Waals surface area contributed by atoms with Crippen molar-refractivity contribution in [3.8, 4) is 0 Å². The number of nitrogens with zero attached hydrogens (tertiary/aromatic N) is 1. The van der Waals surface area contributed by atoms with Crippen LogP contribution in [0.1, 0.15) is 19.3 Å². The number of unbranched alkanes of at least 4 members (excludes halogenated alkanes) is 2. The fourth-order valence-electron chi connectivity index (χ4n) is 1.30. The van der Waals surface area contributed by atoms with Gasteiger partial charge in [-0.2, -0.15) is 0 Å². The number of hydrogen-bond donors (Lipinski definition) is 2. The van der Waals surface area contributed by atoms with Crippen LogP contribution in [-0.4, -0.2) is 49.2 Å². The van der Waals surface area contributed by atoms with Gasteiger partial charge in [0.15, 0.2) is 0 Å². The first kappa shape index (κ1) is 13.7. The molecule has 0 aromatic carbocycles. The second kappa shape index (κ2) is 9.30. The summed E-state index contributed by atoms with van der Waals surface area (Å²) in [5, 5.41) is 8.53. The molecule has 0 unspecified atom stereocenters. The average Bonchev–Trinajstić information content (AvgIpc) is 2.12. The van der Waals surface area contributed by atoms with Crippen molar-refractivity contribution in [2.24, 2.45) is 5.73 Å². The minimum atomic E-state index is -2.29. The highest BCUT2D eigenvalue weighted by molar-refractivity contribution is 4.59. The lowest BCUT2D eigenvalue weighted by Crippen LogP contribution is -2.34. The molecule has 0 rings (SSSR count). The van der Waals surface area contributed by atoms with Crippen LogP contribution in [0.25, 0.3) is 0 Å². The lowest BCUT2D eigenvalue weighted by molar-refractivity contribution is 0.0884. The Bertz CT molecular complexity index is 125. The van der Waals surface area contributed by atoms with Gasteiger partial charge < -0.3 is 10.8 Å². The normalized spacial score (nSPS) is 11.6. The summed E-state index contributed by atoms with van der Waals surface area (Å²) in [5.74, 6) is 0. The zero-order valence-corrected chi connectivity index (χ0v) is 8.46. The van der Waals surface area contributed by atoms with Crippen molar-refractivity contribution in [1.29, 1.82) is 0 Å². The maximum atomic E-state index is 12.1. The third-order valence-corrected chi connectivity index (χ3v) is 1.97. The van der Waals surface area contributed by atoms with Gasteiger partial charge in [0.2, 0.25) is 0 Å². The number of alkyl halides is 2. The molecular formula is C9H20F2N2O. The van der Waals surface area contributed by atoms with Crippen LogP contribution in [0.3, 0.4) is 0 Å². The molecule has 0 aliphatic heterocycles. The summed E-state index contributed by atoms with van der Waals surface area (Å²) in [7, 11) is 0. The fraction of sp³-hybridized carbons (Fsp3) is 1.00. The van der Waals surface area contributed by atoms with Crippen molar-refractivity contribution < 1.29 is 13.9 Å². The molecular weight excluding hydrogens is 190 g/mol. The van der Waals surface area contributed by atoms with Gasteiger partial charge in [0.25, 0.3) is 6.43 Å². The maximum Gasteiger partial charge on any atom is 0.251 e. The van der Waals surface area contributed by atoms with E-state index in [-0.39, 0.29) is 13.2 Å². The highest BCUT2D eigenvalue weighted by Gasteiger charge is 2.10. The number of aliphatic hydroxyl groups is 1. The SMILES string of the molecule is NCCN(CCCCCO)CC(F)F. The van der Waals surface area contributed by atoms with Crippen molar-refractivity contribution in [3.05, 3.63) is 0 Å². The molecule has 0 saturated carbocycles. The van der Waals surface area contributed by atoms with Crippen molar-refractivity contribution in [2.45, 2.75) is 25.7 Å². The molecule has 3 nitrogen and oxygen atoms in total. The van der Waals surface area contributed by atoms with Crippen molar-refractivity contribution in [1.82, 2.24) is 4.90 Å². The Labute approximate surface area is 83.9 Å². The van der Waals surface area contributed by atoms with E-state index in [1.165, 1.54) is 0 Å². The van der Waals surface area contributed by atoms with Crippen LogP contribution in [0.2, 0.25) is 0 Å². The van der Waals surface area contributed by atoms with Gasteiger partial charge in [-0.25, -0.2) is 8.78 Å². The number of halogens is 2.